The topological polar surface area (TPSA) is 58.5 Å². The van der Waals surface area contributed by atoms with E-state index in [1.807, 2.05) is 36.4 Å². The summed E-state index contributed by atoms with van der Waals surface area (Å²) < 4.78 is 5.03. The lowest BCUT2D eigenvalue weighted by molar-refractivity contribution is 0.397. The minimum absolute atomic E-state index is 0.604. The molecule has 1 heterocycles. The molecule has 22 heavy (non-hydrogen) atoms. The van der Waals surface area contributed by atoms with Crippen LogP contribution < -0.4 is 15.4 Å². The Morgan fingerprint density at radius 2 is 1.95 bits per heavy atom. The van der Waals surface area contributed by atoms with Crippen LogP contribution in [0.1, 0.15) is 11.1 Å². The molecule has 0 fully saturated rings. The molecule has 0 amide bonds. The second-order valence-corrected chi connectivity index (χ2v) is 5.05. The highest BCUT2D eigenvalue weighted by Gasteiger charge is 2.00. The zero-order chi connectivity index (χ0) is 15.8. The molecular formula is C16H19ClN4O. The highest BCUT2D eigenvalue weighted by Crippen LogP contribution is 2.10. The third-order valence-corrected chi connectivity index (χ3v) is 3.27. The van der Waals surface area contributed by atoms with E-state index in [1.165, 1.54) is 0 Å². The van der Waals surface area contributed by atoms with E-state index < -0.39 is 0 Å². The smallest absolute Gasteiger partial charge is 0.212 e. The third kappa shape index (κ3) is 4.93. The molecule has 0 saturated carbocycles. The molecule has 0 atom stereocenters. The number of hydrogen-bond donors (Lipinski definition) is 2. The lowest BCUT2D eigenvalue weighted by atomic mass is 10.2. The van der Waals surface area contributed by atoms with E-state index in [0.717, 1.165) is 22.1 Å². The van der Waals surface area contributed by atoms with Gasteiger partial charge in [0.15, 0.2) is 5.96 Å². The number of hydrogen-bond acceptors (Lipinski definition) is 3. The molecule has 0 saturated heterocycles. The molecule has 6 heteroatoms. The Hall–Kier alpha value is -2.27. The Balaban J connectivity index is 1.84. The monoisotopic (exact) mass is 318 g/mol. The first-order chi connectivity index (χ1) is 10.7. The van der Waals surface area contributed by atoms with Crippen molar-refractivity contribution in [3.05, 3.63) is 58.7 Å². The lowest BCUT2D eigenvalue weighted by Gasteiger charge is -2.12. The van der Waals surface area contributed by atoms with Crippen LogP contribution >= 0.6 is 11.6 Å². The van der Waals surface area contributed by atoms with Gasteiger partial charge in [-0.3, -0.25) is 4.99 Å². The number of ether oxygens (including phenoxy) is 1. The van der Waals surface area contributed by atoms with Gasteiger partial charge in [0.1, 0.15) is 0 Å². The molecule has 0 spiro atoms. The summed E-state index contributed by atoms with van der Waals surface area (Å²) in [7, 11) is 3.33. The molecule has 0 unspecified atom stereocenters. The SMILES string of the molecule is CN=C(NCc1ccc(OC)nc1)NCc1cccc(Cl)c1. The van der Waals surface area contributed by atoms with E-state index in [9.17, 15) is 0 Å². The highest BCUT2D eigenvalue weighted by atomic mass is 35.5. The molecule has 116 valence electrons. The molecule has 2 aromatic rings. The maximum absolute atomic E-state index is 5.97. The van der Waals surface area contributed by atoms with Crippen molar-refractivity contribution in [1.29, 1.82) is 0 Å². The van der Waals surface area contributed by atoms with Crippen molar-refractivity contribution in [3.8, 4) is 5.88 Å². The summed E-state index contributed by atoms with van der Waals surface area (Å²) in [6.45, 7) is 1.29. The van der Waals surface area contributed by atoms with Gasteiger partial charge in [-0.1, -0.05) is 29.8 Å². The van der Waals surface area contributed by atoms with Crippen molar-refractivity contribution >= 4 is 17.6 Å². The van der Waals surface area contributed by atoms with Crippen molar-refractivity contribution in [1.82, 2.24) is 15.6 Å². The fourth-order valence-corrected chi connectivity index (χ4v) is 2.09. The first-order valence-electron chi connectivity index (χ1n) is 6.89. The van der Waals surface area contributed by atoms with E-state index in [4.69, 9.17) is 16.3 Å². The Labute approximate surface area is 135 Å². The molecule has 0 aliphatic rings. The van der Waals surface area contributed by atoms with Crippen LogP contribution in [0.3, 0.4) is 0 Å². The van der Waals surface area contributed by atoms with Crippen molar-refractivity contribution in [3.63, 3.8) is 0 Å². The van der Waals surface area contributed by atoms with Crippen molar-refractivity contribution in [2.75, 3.05) is 14.2 Å². The van der Waals surface area contributed by atoms with Crippen LogP contribution in [-0.2, 0) is 13.1 Å². The number of halogens is 1. The summed E-state index contributed by atoms with van der Waals surface area (Å²) in [6.07, 6.45) is 1.77. The van der Waals surface area contributed by atoms with Gasteiger partial charge < -0.3 is 15.4 Å². The number of nitrogens with zero attached hydrogens (tertiary/aromatic N) is 2. The van der Waals surface area contributed by atoms with Gasteiger partial charge in [-0.25, -0.2) is 4.98 Å². The van der Waals surface area contributed by atoms with Gasteiger partial charge in [-0.15, -0.1) is 0 Å². The van der Waals surface area contributed by atoms with Crippen LogP contribution in [0, 0.1) is 0 Å². The number of pyridine rings is 1. The lowest BCUT2D eigenvalue weighted by Crippen LogP contribution is -2.36. The van der Waals surface area contributed by atoms with Crippen LogP contribution in [-0.4, -0.2) is 25.1 Å². The fourth-order valence-electron chi connectivity index (χ4n) is 1.88. The van der Waals surface area contributed by atoms with Crippen molar-refractivity contribution in [2.24, 2.45) is 4.99 Å². The van der Waals surface area contributed by atoms with Crippen LogP contribution in [0.15, 0.2) is 47.6 Å². The van der Waals surface area contributed by atoms with Gasteiger partial charge in [-0.2, -0.15) is 0 Å². The second kappa shape index (κ2) is 8.24. The molecule has 1 aromatic carbocycles. The van der Waals surface area contributed by atoms with E-state index in [0.29, 0.717) is 19.0 Å². The maximum Gasteiger partial charge on any atom is 0.212 e. The maximum atomic E-state index is 5.97. The zero-order valence-corrected chi connectivity index (χ0v) is 13.4. The summed E-state index contributed by atoms with van der Waals surface area (Å²) in [4.78, 5) is 8.36. The van der Waals surface area contributed by atoms with E-state index >= 15 is 0 Å². The number of aliphatic imine (C=N–C) groups is 1. The van der Waals surface area contributed by atoms with Crippen molar-refractivity contribution in [2.45, 2.75) is 13.1 Å². The number of rotatable bonds is 5. The minimum Gasteiger partial charge on any atom is -0.481 e. The molecule has 0 radical (unpaired) electrons. The highest BCUT2D eigenvalue weighted by molar-refractivity contribution is 6.30. The van der Waals surface area contributed by atoms with E-state index in [1.54, 1.807) is 20.4 Å². The third-order valence-electron chi connectivity index (χ3n) is 3.04. The predicted octanol–water partition coefficient (Wildman–Crippen LogP) is 2.61. The van der Waals surface area contributed by atoms with Gasteiger partial charge in [0.25, 0.3) is 0 Å². The number of guanidine groups is 1. The first kappa shape index (κ1) is 16.1. The molecular weight excluding hydrogens is 300 g/mol. The standard InChI is InChI=1S/C16H19ClN4O/c1-18-16(20-9-12-4-3-5-14(17)8-12)21-11-13-6-7-15(22-2)19-10-13/h3-8,10H,9,11H2,1-2H3,(H2,18,20,21). The Morgan fingerprint density at radius 3 is 2.55 bits per heavy atom. The summed E-state index contributed by atoms with van der Waals surface area (Å²) >= 11 is 5.97. The van der Waals surface area contributed by atoms with Crippen LogP contribution in [0.4, 0.5) is 0 Å². The van der Waals surface area contributed by atoms with Gasteiger partial charge in [0.2, 0.25) is 5.88 Å². The van der Waals surface area contributed by atoms with Crippen LogP contribution in [0.25, 0.3) is 0 Å². The average Bonchev–Trinajstić information content (AvgIpc) is 2.55. The summed E-state index contributed by atoms with van der Waals surface area (Å²) in [5, 5.41) is 7.20. The fraction of sp³-hybridized carbons (Fsp3) is 0.250. The number of aromatic nitrogens is 1. The van der Waals surface area contributed by atoms with Crippen LogP contribution in [0.5, 0.6) is 5.88 Å². The molecule has 0 aliphatic carbocycles. The van der Waals surface area contributed by atoms with Gasteiger partial charge in [0.05, 0.1) is 7.11 Å². The minimum atomic E-state index is 0.604. The molecule has 0 aliphatic heterocycles. The Bertz CT molecular complexity index is 628. The largest absolute Gasteiger partial charge is 0.481 e. The normalized spacial score (nSPS) is 11.1. The van der Waals surface area contributed by atoms with Crippen molar-refractivity contribution < 1.29 is 4.74 Å². The van der Waals surface area contributed by atoms with Gasteiger partial charge in [-0.05, 0) is 23.3 Å². The number of methoxy groups -OCH3 is 1. The predicted molar refractivity (Wildman–Crippen MR) is 89.3 cm³/mol. The Morgan fingerprint density at radius 1 is 1.18 bits per heavy atom. The molecule has 2 N–H and O–H groups in total. The van der Waals surface area contributed by atoms with E-state index in [-0.39, 0.29) is 0 Å². The average molecular weight is 319 g/mol. The Kier molecular flexibility index (Phi) is 6.03. The van der Waals surface area contributed by atoms with Gasteiger partial charge >= 0.3 is 0 Å². The summed E-state index contributed by atoms with van der Waals surface area (Å²) in [5.41, 5.74) is 2.15. The second-order valence-electron chi connectivity index (χ2n) is 4.62. The molecule has 5 nitrogen and oxygen atoms in total. The summed E-state index contributed by atoms with van der Waals surface area (Å²) in [6, 6.07) is 11.5. The van der Waals surface area contributed by atoms with Crippen LogP contribution in [0.2, 0.25) is 5.02 Å². The molecule has 2 rings (SSSR count). The summed E-state index contributed by atoms with van der Waals surface area (Å²) in [5.74, 6) is 1.32. The quantitative estimate of drug-likeness (QED) is 0.657. The van der Waals surface area contributed by atoms with E-state index in [2.05, 4.69) is 20.6 Å². The van der Waals surface area contributed by atoms with Gasteiger partial charge in [0, 0.05) is 37.4 Å². The number of benzene rings is 1. The molecule has 1 aromatic heterocycles. The first-order valence-corrected chi connectivity index (χ1v) is 7.27. The molecule has 0 bridgehead atoms. The number of nitrogens with one attached hydrogen (secondary N) is 2. The zero-order valence-electron chi connectivity index (χ0n) is 12.6.